The summed E-state index contributed by atoms with van der Waals surface area (Å²) in [6.07, 6.45) is 0. The summed E-state index contributed by atoms with van der Waals surface area (Å²) in [6, 6.07) is 23.5. The zero-order valence-electron chi connectivity index (χ0n) is 14.8. The van der Waals surface area contributed by atoms with Crippen molar-refractivity contribution in [1.29, 1.82) is 0 Å². The van der Waals surface area contributed by atoms with E-state index in [9.17, 15) is 8.42 Å². The van der Waals surface area contributed by atoms with E-state index in [0.717, 1.165) is 11.1 Å². The summed E-state index contributed by atoms with van der Waals surface area (Å²) in [4.78, 5) is 0.273. The van der Waals surface area contributed by atoms with Gasteiger partial charge in [-0.05, 0) is 48.9 Å². The SMILES string of the molecule is COc1cccc(CN(c2ccccc2)S(=O)(=O)c2ccc(C)cc2)c1. The van der Waals surface area contributed by atoms with E-state index in [1.165, 1.54) is 4.31 Å². The first kappa shape index (κ1) is 18.0. The van der Waals surface area contributed by atoms with Gasteiger partial charge in [-0.2, -0.15) is 0 Å². The molecule has 0 unspecified atom stereocenters. The van der Waals surface area contributed by atoms with Crippen molar-refractivity contribution >= 4 is 15.7 Å². The Morgan fingerprint density at radius 1 is 0.885 bits per heavy atom. The molecule has 0 fully saturated rings. The third-order valence-electron chi connectivity index (χ3n) is 4.11. The third kappa shape index (κ3) is 3.89. The maximum Gasteiger partial charge on any atom is 0.264 e. The minimum Gasteiger partial charge on any atom is -0.497 e. The van der Waals surface area contributed by atoms with Crippen LogP contribution in [0.3, 0.4) is 0 Å². The molecule has 0 radical (unpaired) electrons. The Hall–Kier alpha value is -2.79. The number of ether oxygens (including phenoxy) is 1. The smallest absolute Gasteiger partial charge is 0.264 e. The molecule has 0 spiro atoms. The van der Waals surface area contributed by atoms with Gasteiger partial charge >= 0.3 is 0 Å². The molecule has 0 heterocycles. The van der Waals surface area contributed by atoms with Crippen LogP contribution in [0.4, 0.5) is 5.69 Å². The van der Waals surface area contributed by atoms with Crippen LogP contribution in [0.5, 0.6) is 5.75 Å². The standard InChI is InChI=1S/C21H21NO3S/c1-17-11-13-21(14-12-17)26(23,24)22(19-8-4-3-5-9-19)16-18-7-6-10-20(15-18)25-2/h3-15H,16H2,1-2H3. The molecule has 0 aromatic heterocycles. The van der Waals surface area contributed by atoms with E-state index in [1.54, 1.807) is 31.4 Å². The first-order valence-electron chi connectivity index (χ1n) is 8.28. The molecule has 0 N–H and O–H groups in total. The Morgan fingerprint density at radius 3 is 2.23 bits per heavy atom. The highest BCUT2D eigenvalue weighted by atomic mass is 32.2. The average Bonchev–Trinajstić information content (AvgIpc) is 2.67. The Kier molecular flexibility index (Phi) is 5.28. The molecule has 3 aromatic carbocycles. The summed E-state index contributed by atoms with van der Waals surface area (Å²) < 4.78 is 33.3. The number of nitrogens with zero attached hydrogens (tertiary/aromatic N) is 1. The normalized spacial score (nSPS) is 11.2. The van der Waals surface area contributed by atoms with Gasteiger partial charge in [0.15, 0.2) is 0 Å². The quantitative estimate of drug-likeness (QED) is 0.649. The van der Waals surface area contributed by atoms with Gasteiger partial charge in [0.05, 0.1) is 24.2 Å². The van der Waals surface area contributed by atoms with Gasteiger partial charge in [0, 0.05) is 0 Å². The van der Waals surface area contributed by atoms with Gasteiger partial charge in [0.2, 0.25) is 0 Å². The molecule has 0 aliphatic heterocycles. The van der Waals surface area contributed by atoms with Gasteiger partial charge in [0.1, 0.15) is 5.75 Å². The number of hydrogen-bond donors (Lipinski definition) is 0. The van der Waals surface area contributed by atoms with E-state index in [2.05, 4.69) is 0 Å². The second kappa shape index (κ2) is 7.62. The summed E-state index contributed by atoms with van der Waals surface area (Å²) in [6.45, 7) is 2.15. The van der Waals surface area contributed by atoms with Crippen molar-refractivity contribution in [2.45, 2.75) is 18.4 Å². The molecule has 0 amide bonds. The summed E-state index contributed by atoms with van der Waals surface area (Å²) in [5.74, 6) is 0.697. The fraction of sp³-hybridized carbons (Fsp3) is 0.143. The summed E-state index contributed by atoms with van der Waals surface area (Å²) in [7, 11) is -2.10. The minimum atomic E-state index is -3.70. The number of benzene rings is 3. The van der Waals surface area contributed by atoms with Crippen LogP contribution in [0.25, 0.3) is 0 Å². The van der Waals surface area contributed by atoms with Gasteiger partial charge in [-0.15, -0.1) is 0 Å². The molecule has 0 saturated heterocycles. The zero-order valence-corrected chi connectivity index (χ0v) is 15.6. The highest BCUT2D eigenvalue weighted by Gasteiger charge is 2.25. The molecule has 0 atom stereocenters. The number of sulfonamides is 1. The van der Waals surface area contributed by atoms with Crippen molar-refractivity contribution in [3.05, 3.63) is 90.0 Å². The lowest BCUT2D eigenvalue weighted by Gasteiger charge is -2.25. The van der Waals surface area contributed by atoms with Crippen LogP contribution < -0.4 is 9.04 Å². The first-order valence-corrected chi connectivity index (χ1v) is 9.72. The number of hydrogen-bond acceptors (Lipinski definition) is 3. The highest BCUT2D eigenvalue weighted by molar-refractivity contribution is 7.92. The number of para-hydroxylation sites is 1. The molecule has 0 bridgehead atoms. The first-order chi connectivity index (χ1) is 12.5. The van der Waals surface area contributed by atoms with Crippen LogP contribution in [-0.4, -0.2) is 15.5 Å². The van der Waals surface area contributed by atoms with Crippen molar-refractivity contribution in [2.24, 2.45) is 0 Å². The van der Waals surface area contributed by atoms with Crippen molar-refractivity contribution in [2.75, 3.05) is 11.4 Å². The number of rotatable bonds is 6. The van der Waals surface area contributed by atoms with E-state index in [4.69, 9.17) is 4.74 Å². The predicted octanol–water partition coefficient (Wildman–Crippen LogP) is 4.40. The second-order valence-electron chi connectivity index (χ2n) is 6.01. The van der Waals surface area contributed by atoms with E-state index in [-0.39, 0.29) is 11.4 Å². The van der Waals surface area contributed by atoms with Gasteiger partial charge < -0.3 is 4.74 Å². The largest absolute Gasteiger partial charge is 0.497 e. The molecule has 0 saturated carbocycles. The lowest BCUT2D eigenvalue weighted by atomic mass is 10.2. The Balaban J connectivity index is 2.04. The molecular formula is C21H21NO3S. The third-order valence-corrected chi connectivity index (χ3v) is 5.90. The van der Waals surface area contributed by atoms with Crippen molar-refractivity contribution in [1.82, 2.24) is 0 Å². The van der Waals surface area contributed by atoms with Crippen LogP contribution in [0, 0.1) is 6.92 Å². The minimum absolute atomic E-state index is 0.220. The average molecular weight is 367 g/mol. The van der Waals surface area contributed by atoms with Crippen molar-refractivity contribution < 1.29 is 13.2 Å². The molecule has 0 aliphatic rings. The second-order valence-corrected chi connectivity index (χ2v) is 7.87. The van der Waals surface area contributed by atoms with Gasteiger partial charge in [0.25, 0.3) is 10.0 Å². The van der Waals surface area contributed by atoms with Crippen molar-refractivity contribution in [3.63, 3.8) is 0 Å². The van der Waals surface area contributed by atoms with Crippen LogP contribution >= 0.6 is 0 Å². The molecule has 3 aromatic rings. The van der Waals surface area contributed by atoms with Crippen molar-refractivity contribution in [3.8, 4) is 5.75 Å². The maximum atomic E-state index is 13.3. The Morgan fingerprint density at radius 2 is 1.58 bits per heavy atom. The number of anilines is 1. The van der Waals surface area contributed by atoms with E-state index in [0.29, 0.717) is 11.4 Å². The maximum absolute atomic E-state index is 13.3. The molecule has 4 nitrogen and oxygen atoms in total. The molecule has 5 heteroatoms. The van der Waals surface area contributed by atoms with E-state index in [1.807, 2.05) is 61.5 Å². The van der Waals surface area contributed by atoms with Gasteiger partial charge in [-0.1, -0.05) is 48.0 Å². The van der Waals surface area contributed by atoms with Gasteiger partial charge in [-0.3, -0.25) is 4.31 Å². The number of aryl methyl sites for hydroxylation is 1. The predicted molar refractivity (Wildman–Crippen MR) is 104 cm³/mol. The number of methoxy groups -OCH3 is 1. The Labute approximate surface area is 154 Å². The fourth-order valence-electron chi connectivity index (χ4n) is 2.68. The van der Waals surface area contributed by atoms with E-state index < -0.39 is 10.0 Å². The van der Waals surface area contributed by atoms with E-state index >= 15 is 0 Å². The summed E-state index contributed by atoms with van der Waals surface area (Å²) >= 11 is 0. The lowest BCUT2D eigenvalue weighted by Crippen LogP contribution is -2.30. The highest BCUT2D eigenvalue weighted by Crippen LogP contribution is 2.27. The lowest BCUT2D eigenvalue weighted by molar-refractivity contribution is 0.414. The molecule has 134 valence electrons. The van der Waals surface area contributed by atoms with Crippen LogP contribution in [0.15, 0.2) is 83.8 Å². The molecule has 3 rings (SSSR count). The van der Waals surface area contributed by atoms with Gasteiger partial charge in [-0.25, -0.2) is 8.42 Å². The fourth-order valence-corrected chi connectivity index (χ4v) is 4.14. The van der Waals surface area contributed by atoms with Crippen LogP contribution in [-0.2, 0) is 16.6 Å². The molecule has 0 aliphatic carbocycles. The van der Waals surface area contributed by atoms with Crippen LogP contribution in [0.2, 0.25) is 0 Å². The van der Waals surface area contributed by atoms with Crippen LogP contribution in [0.1, 0.15) is 11.1 Å². The molecule has 26 heavy (non-hydrogen) atoms. The molecular weight excluding hydrogens is 346 g/mol. The topological polar surface area (TPSA) is 46.6 Å². The monoisotopic (exact) mass is 367 g/mol. The summed E-state index contributed by atoms with van der Waals surface area (Å²) in [5.41, 5.74) is 2.49. The Bertz CT molecular complexity index is 968. The summed E-state index contributed by atoms with van der Waals surface area (Å²) in [5, 5.41) is 0. The zero-order chi connectivity index (χ0) is 18.6.